The third kappa shape index (κ3) is 4.10. The van der Waals surface area contributed by atoms with E-state index < -0.39 is 6.09 Å². The molecule has 26 heavy (non-hydrogen) atoms. The molecule has 0 bridgehead atoms. The van der Waals surface area contributed by atoms with E-state index in [0.717, 1.165) is 31.9 Å². The van der Waals surface area contributed by atoms with Crippen LogP contribution in [-0.4, -0.2) is 38.9 Å². The van der Waals surface area contributed by atoms with E-state index in [9.17, 15) is 4.79 Å². The van der Waals surface area contributed by atoms with Gasteiger partial charge in [-0.3, -0.25) is 5.32 Å². The van der Waals surface area contributed by atoms with Gasteiger partial charge in [0.1, 0.15) is 0 Å². The fraction of sp³-hybridized carbons (Fsp3) is 0.381. The minimum Gasteiger partial charge on any atom is -0.450 e. The van der Waals surface area contributed by atoms with Crippen LogP contribution < -0.4 is 15.1 Å². The normalized spacial score (nSPS) is 14.3. The van der Waals surface area contributed by atoms with Gasteiger partial charge in [-0.2, -0.15) is 0 Å². The third-order valence-electron chi connectivity index (χ3n) is 4.95. The summed E-state index contributed by atoms with van der Waals surface area (Å²) in [5.74, 6) is 0. The van der Waals surface area contributed by atoms with E-state index in [1.807, 2.05) is 12.1 Å². The molecule has 0 aromatic heterocycles. The molecule has 0 atom stereocenters. The zero-order valence-electron chi connectivity index (χ0n) is 15.8. The summed E-state index contributed by atoms with van der Waals surface area (Å²) in [7, 11) is 0. The Morgan fingerprint density at radius 2 is 1.65 bits per heavy atom. The fourth-order valence-electron chi connectivity index (χ4n) is 3.32. The molecular weight excluding hydrogens is 326 g/mol. The lowest BCUT2D eigenvalue weighted by atomic mass is 10.1. The molecule has 1 aliphatic rings. The van der Waals surface area contributed by atoms with Crippen molar-refractivity contribution < 1.29 is 9.53 Å². The Kier molecular flexibility index (Phi) is 5.66. The molecule has 1 heterocycles. The van der Waals surface area contributed by atoms with Crippen molar-refractivity contribution in [2.75, 3.05) is 47.9 Å². The van der Waals surface area contributed by atoms with Crippen LogP contribution in [0.25, 0.3) is 0 Å². The van der Waals surface area contributed by atoms with Gasteiger partial charge in [-0.15, -0.1) is 0 Å². The van der Waals surface area contributed by atoms with Crippen LogP contribution in [0.4, 0.5) is 21.9 Å². The first-order valence-corrected chi connectivity index (χ1v) is 9.18. The molecule has 3 rings (SSSR count). The second-order valence-electron chi connectivity index (χ2n) is 6.59. The largest absolute Gasteiger partial charge is 0.450 e. The second kappa shape index (κ2) is 8.13. The van der Waals surface area contributed by atoms with Gasteiger partial charge >= 0.3 is 6.09 Å². The first-order valence-electron chi connectivity index (χ1n) is 9.18. The predicted octanol–water partition coefficient (Wildman–Crippen LogP) is 4.20. The maximum atomic E-state index is 11.5. The topological polar surface area (TPSA) is 44.8 Å². The molecule has 1 aliphatic heterocycles. The SMILES string of the molecule is CCOC(=O)Nc1ccc(N2CCN(c3cccc(C)c3C)CC2)cc1. The van der Waals surface area contributed by atoms with Crippen molar-refractivity contribution in [3.05, 3.63) is 53.6 Å². The summed E-state index contributed by atoms with van der Waals surface area (Å²) in [4.78, 5) is 16.3. The van der Waals surface area contributed by atoms with Gasteiger partial charge in [0.15, 0.2) is 0 Å². The molecule has 2 aromatic carbocycles. The number of anilines is 3. The number of amides is 1. The minimum atomic E-state index is -0.414. The molecule has 1 N–H and O–H groups in total. The molecule has 0 aliphatic carbocycles. The summed E-state index contributed by atoms with van der Waals surface area (Å²) in [6.07, 6.45) is -0.414. The summed E-state index contributed by atoms with van der Waals surface area (Å²) in [5, 5.41) is 2.73. The van der Waals surface area contributed by atoms with Crippen molar-refractivity contribution >= 4 is 23.2 Å². The second-order valence-corrected chi connectivity index (χ2v) is 6.59. The van der Waals surface area contributed by atoms with Gasteiger partial charge in [0.2, 0.25) is 0 Å². The highest BCUT2D eigenvalue weighted by molar-refractivity contribution is 5.84. The summed E-state index contributed by atoms with van der Waals surface area (Å²) >= 11 is 0. The van der Waals surface area contributed by atoms with Crippen LogP contribution in [-0.2, 0) is 4.74 Å². The van der Waals surface area contributed by atoms with Crippen molar-refractivity contribution in [3.63, 3.8) is 0 Å². The molecule has 2 aromatic rings. The molecule has 1 fully saturated rings. The third-order valence-corrected chi connectivity index (χ3v) is 4.95. The van der Waals surface area contributed by atoms with E-state index in [0.29, 0.717) is 6.61 Å². The Balaban J connectivity index is 1.59. The Bertz CT molecular complexity index is 750. The highest BCUT2D eigenvalue weighted by atomic mass is 16.5. The number of carbonyl (C=O) groups is 1. The summed E-state index contributed by atoms with van der Waals surface area (Å²) in [5.41, 5.74) is 5.99. The molecular formula is C21H27N3O2. The number of carbonyl (C=O) groups excluding carboxylic acids is 1. The van der Waals surface area contributed by atoms with Crippen molar-refractivity contribution in [1.29, 1.82) is 0 Å². The van der Waals surface area contributed by atoms with Crippen molar-refractivity contribution in [2.45, 2.75) is 20.8 Å². The molecule has 0 unspecified atom stereocenters. The maximum absolute atomic E-state index is 11.5. The van der Waals surface area contributed by atoms with Crippen molar-refractivity contribution in [1.82, 2.24) is 0 Å². The average molecular weight is 353 g/mol. The molecule has 138 valence electrons. The number of ether oxygens (including phenoxy) is 1. The van der Waals surface area contributed by atoms with Gasteiger partial charge in [-0.1, -0.05) is 12.1 Å². The van der Waals surface area contributed by atoms with Crippen LogP contribution in [0.15, 0.2) is 42.5 Å². The first-order chi connectivity index (χ1) is 12.6. The van der Waals surface area contributed by atoms with Crippen LogP contribution in [0.3, 0.4) is 0 Å². The predicted molar refractivity (Wildman–Crippen MR) is 107 cm³/mol. The first kappa shape index (κ1) is 18.1. The van der Waals surface area contributed by atoms with E-state index >= 15 is 0 Å². The van der Waals surface area contributed by atoms with Gasteiger partial charge in [0.05, 0.1) is 6.61 Å². The Hall–Kier alpha value is -2.69. The molecule has 1 saturated heterocycles. The quantitative estimate of drug-likeness (QED) is 0.895. The van der Waals surface area contributed by atoms with E-state index in [1.165, 1.54) is 22.5 Å². The van der Waals surface area contributed by atoms with Gasteiger partial charge < -0.3 is 14.5 Å². The zero-order valence-corrected chi connectivity index (χ0v) is 15.8. The standard InChI is InChI=1S/C21H27N3O2/c1-4-26-21(25)22-18-8-10-19(11-9-18)23-12-14-24(15-13-23)20-7-5-6-16(2)17(20)3/h5-11H,4,12-15H2,1-3H3,(H,22,25). The lowest BCUT2D eigenvalue weighted by Gasteiger charge is -2.38. The number of benzene rings is 2. The Morgan fingerprint density at radius 1 is 1.00 bits per heavy atom. The number of rotatable bonds is 4. The van der Waals surface area contributed by atoms with E-state index in [-0.39, 0.29) is 0 Å². The lowest BCUT2D eigenvalue weighted by molar-refractivity contribution is 0.168. The van der Waals surface area contributed by atoms with E-state index in [1.54, 1.807) is 6.92 Å². The summed E-state index contributed by atoms with van der Waals surface area (Å²) < 4.78 is 4.90. The minimum absolute atomic E-state index is 0.370. The smallest absolute Gasteiger partial charge is 0.411 e. The van der Waals surface area contributed by atoms with Crippen LogP contribution in [0, 0.1) is 13.8 Å². The molecule has 5 heteroatoms. The van der Waals surface area contributed by atoms with Crippen LogP contribution in [0.5, 0.6) is 0 Å². The number of nitrogens with zero attached hydrogens (tertiary/aromatic N) is 2. The number of piperazine rings is 1. The monoisotopic (exact) mass is 353 g/mol. The van der Waals surface area contributed by atoms with Gasteiger partial charge in [0.25, 0.3) is 0 Å². The van der Waals surface area contributed by atoms with Crippen molar-refractivity contribution in [2.24, 2.45) is 0 Å². The van der Waals surface area contributed by atoms with Gasteiger partial charge in [-0.25, -0.2) is 4.79 Å². The lowest BCUT2D eigenvalue weighted by Crippen LogP contribution is -2.46. The van der Waals surface area contributed by atoms with Crippen LogP contribution >= 0.6 is 0 Å². The highest BCUT2D eigenvalue weighted by Gasteiger charge is 2.19. The van der Waals surface area contributed by atoms with Crippen LogP contribution in [0.2, 0.25) is 0 Å². The van der Waals surface area contributed by atoms with E-state index in [2.05, 4.69) is 59.3 Å². The molecule has 5 nitrogen and oxygen atoms in total. The fourth-order valence-corrected chi connectivity index (χ4v) is 3.32. The van der Waals surface area contributed by atoms with Crippen LogP contribution in [0.1, 0.15) is 18.1 Å². The number of aryl methyl sites for hydroxylation is 1. The molecule has 0 spiro atoms. The van der Waals surface area contributed by atoms with E-state index in [4.69, 9.17) is 4.74 Å². The molecule has 0 radical (unpaired) electrons. The highest BCUT2D eigenvalue weighted by Crippen LogP contribution is 2.26. The molecule has 0 saturated carbocycles. The average Bonchev–Trinajstić information content (AvgIpc) is 2.65. The summed E-state index contributed by atoms with van der Waals surface area (Å²) in [6.45, 7) is 10.5. The number of nitrogens with one attached hydrogen (secondary N) is 1. The Labute approximate surface area is 155 Å². The Morgan fingerprint density at radius 3 is 2.31 bits per heavy atom. The number of hydrogen-bond donors (Lipinski definition) is 1. The number of hydrogen-bond acceptors (Lipinski definition) is 4. The maximum Gasteiger partial charge on any atom is 0.411 e. The zero-order chi connectivity index (χ0) is 18.5. The van der Waals surface area contributed by atoms with Crippen molar-refractivity contribution in [3.8, 4) is 0 Å². The summed E-state index contributed by atoms with van der Waals surface area (Å²) in [6, 6.07) is 14.5. The van der Waals surface area contributed by atoms with Gasteiger partial charge in [0, 0.05) is 43.2 Å². The molecule has 1 amide bonds. The van der Waals surface area contributed by atoms with Gasteiger partial charge in [-0.05, 0) is 62.2 Å².